The zero-order valence-corrected chi connectivity index (χ0v) is 12.5. The van der Waals surface area contributed by atoms with Gasteiger partial charge in [0.1, 0.15) is 0 Å². The third kappa shape index (κ3) is 3.03. The number of hydrogen-bond acceptors (Lipinski definition) is 3. The molecule has 1 unspecified atom stereocenters. The Hall–Kier alpha value is -1.07. The van der Waals surface area contributed by atoms with Crippen molar-refractivity contribution in [3.63, 3.8) is 0 Å². The average Bonchev–Trinajstić information content (AvgIpc) is 2.82. The van der Waals surface area contributed by atoms with Crippen LogP contribution in [-0.4, -0.2) is 14.8 Å². The van der Waals surface area contributed by atoms with Crippen molar-refractivity contribution >= 4 is 33.2 Å². The molecule has 1 N–H and O–H groups in total. The molecule has 0 saturated carbocycles. The predicted molar refractivity (Wildman–Crippen MR) is 76.9 cm³/mol. The van der Waals surface area contributed by atoms with Crippen LogP contribution in [0.2, 0.25) is 5.15 Å². The molecular weight excluding hydrogens is 316 g/mol. The maximum Gasteiger partial charge on any atom is 0.152 e. The zero-order chi connectivity index (χ0) is 13.1. The normalized spacial score (nSPS) is 12.4. The number of halogens is 2. The molecule has 0 aliphatic rings. The summed E-state index contributed by atoms with van der Waals surface area (Å²) < 4.78 is 2.79. The first-order chi connectivity index (χ1) is 8.60. The topological polar surface area (TPSA) is 42.7 Å². The number of rotatable bonds is 4. The Morgan fingerprint density at radius 3 is 2.94 bits per heavy atom. The van der Waals surface area contributed by atoms with Crippen molar-refractivity contribution < 1.29 is 0 Å². The molecule has 6 heteroatoms. The molecule has 0 bridgehead atoms. The van der Waals surface area contributed by atoms with Crippen molar-refractivity contribution in [1.29, 1.82) is 0 Å². The van der Waals surface area contributed by atoms with Gasteiger partial charge in [-0.25, -0.2) is 4.98 Å². The number of hydrogen-bond donors (Lipinski definition) is 1. The Morgan fingerprint density at radius 2 is 2.28 bits per heavy atom. The summed E-state index contributed by atoms with van der Waals surface area (Å²) >= 11 is 9.43. The minimum Gasteiger partial charge on any atom is -0.376 e. The average molecular weight is 330 g/mol. The summed E-state index contributed by atoms with van der Waals surface area (Å²) in [5, 5.41) is 8.05. The molecule has 0 saturated heterocycles. The van der Waals surface area contributed by atoms with E-state index in [-0.39, 0.29) is 6.04 Å². The predicted octanol–water partition coefficient (Wildman–Crippen LogP) is 3.89. The number of aromatic nitrogens is 3. The Kier molecular flexibility index (Phi) is 4.24. The highest BCUT2D eigenvalue weighted by molar-refractivity contribution is 9.10. The van der Waals surface area contributed by atoms with E-state index in [1.165, 1.54) is 0 Å². The van der Waals surface area contributed by atoms with E-state index in [1.807, 2.05) is 23.1 Å². The lowest BCUT2D eigenvalue weighted by molar-refractivity contribution is 0.658. The lowest BCUT2D eigenvalue weighted by atomic mass is 10.2. The fourth-order valence-electron chi connectivity index (χ4n) is 1.62. The van der Waals surface area contributed by atoms with E-state index < -0.39 is 0 Å². The molecule has 2 aromatic rings. The van der Waals surface area contributed by atoms with Gasteiger partial charge in [-0.2, -0.15) is 5.10 Å². The number of aryl methyl sites for hydroxylation is 1. The van der Waals surface area contributed by atoms with Crippen LogP contribution in [0.25, 0.3) is 0 Å². The fraction of sp³-hybridized carbons (Fsp3) is 0.333. The lowest BCUT2D eigenvalue weighted by Gasteiger charge is -2.14. The minimum atomic E-state index is 0.124. The van der Waals surface area contributed by atoms with Crippen molar-refractivity contribution in [3.8, 4) is 0 Å². The molecule has 2 aromatic heterocycles. The van der Waals surface area contributed by atoms with Gasteiger partial charge in [0.05, 0.1) is 17.9 Å². The van der Waals surface area contributed by atoms with E-state index in [4.69, 9.17) is 11.6 Å². The second kappa shape index (κ2) is 5.71. The summed E-state index contributed by atoms with van der Waals surface area (Å²) in [6, 6.07) is 2.04. The SMILES string of the molecule is CCn1cc(C(C)Nc2cc(Br)cnc2Cl)cn1. The number of pyridine rings is 1. The van der Waals surface area contributed by atoms with Crippen LogP contribution in [0.3, 0.4) is 0 Å². The van der Waals surface area contributed by atoms with Crippen LogP contribution in [0.4, 0.5) is 5.69 Å². The molecular formula is C12H14BrClN4. The Morgan fingerprint density at radius 1 is 1.50 bits per heavy atom. The summed E-state index contributed by atoms with van der Waals surface area (Å²) in [4.78, 5) is 4.08. The second-order valence-corrected chi connectivity index (χ2v) is 5.26. The first-order valence-electron chi connectivity index (χ1n) is 5.70. The van der Waals surface area contributed by atoms with E-state index >= 15 is 0 Å². The molecule has 2 heterocycles. The molecule has 96 valence electrons. The summed E-state index contributed by atoms with van der Waals surface area (Å²) in [6.45, 7) is 4.99. The molecule has 0 fully saturated rings. The van der Waals surface area contributed by atoms with E-state index in [0.29, 0.717) is 5.15 Å². The maximum absolute atomic E-state index is 6.04. The summed E-state index contributed by atoms with van der Waals surface area (Å²) in [5.74, 6) is 0. The number of anilines is 1. The first-order valence-corrected chi connectivity index (χ1v) is 6.87. The highest BCUT2D eigenvalue weighted by Crippen LogP contribution is 2.26. The van der Waals surface area contributed by atoms with Gasteiger partial charge >= 0.3 is 0 Å². The number of nitrogens with one attached hydrogen (secondary N) is 1. The fourth-order valence-corrected chi connectivity index (χ4v) is 2.11. The van der Waals surface area contributed by atoms with Crippen LogP contribution >= 0.6 is 27.5 Å². The highest BCUT2D eigenvalue weighted by atomic mass is 79.9. The Bertz CT molecular complexity index is 541. The number of nitrogens with zero attached hydrogens (tertiary/aromatic N) is 3. The Labute approximate surface area is 119 Å². The molecule has 0 aliphatic carbocycles. The molecule has 0 spiro atoms. The van der Waals surface area contributed by atoms with Gasteiger partial charge in [0.2, 0.25) is 0 Å². The largest absolute Gasteiger partial charge is 0.376 e. The van der Waals surface area contributed by atoms with E-state index in [9.17, 15) is 0 Å². The minimum absolute atomic E-state index is 0.124. The van der Waals surface area contributed by atoms with Gasteiger partial charge in [0.15, 0.2) is 5.15 Å². The molecule has 0 aromatic carbocycles. The van der Waals surface area contributed by atoms with E-state index in [1.54, 1.807) is 6.20 Å². The third-order valence-corrected chi connectivity index (χ3v) is 3.39. The maximum atomic E-state index is 6.04. The monoisotopic (exact) mass is 328 g/mol. The van der Waals surface area contributed by atoms with Crippen molar-refractivity contribution in [3.05, 3.63) is 39.8 Å². The molecule has 0 amide bonds. The van der Waals surface area contributed by atoms with Crippen molar-refractivity contribution in [1.82, 2.24) is 14.8 Å². The lowest BCUT2D eigenvalue weighted by Crippen LogP contribution is -2.06. The van der Waals surface area contributed by atoms with Crippen molar-refractivity contribution in [2.24, 2.45) is 0 Å². The summed E-state index contributed by atoms with van der Waals surface area (Å²) in [6.07, 6.45) is 5.56. The van der Waals surface area contributed by atoms with Crippen LogP contribution in [0.1, 0.15) is 25.5 Å². The standard InChI is InChI=1S/C12H14BrClN4/c1-3-18-7-9(5-16-18)8(2)17-11-4-10(13)6-15-12(11)14/h4-8,17H,3H2,1-2H3. The molecule has 18 heavy (non-hydrogen) atoms. The zero-order valence-electron chi connectivity index (χ0n) is 10.2. The van der Waals surface area contributed by atoms with Gasteiger partial charge in [-0.15, -0.1) is 0 Å². The van der Waals surface area contributed by atoms with Crippen LogP contribution in [0.15, 0.2) is 29.1 Å². The van der Waals surface area contributed by atoms with Gasteiger partial charge < -0.3 is 5.32 Å². The van der Waals surface area contributed by atoms with Gasteiger partial charge in [-0.1, -0.05) is 11.6 Å². The van der Waals surface area contributed by atoms with Gasteiger partial charge in [0.25, 0.3) is 0 Å². The van der Waals surface area contributed by atoms with Crippen molar-refractivity contribution in [2.45, 2.75) is 26.4 Å². The van der Waals surface area contributed by atoms with Crippen LogP contribution < -0.4 is 5.32 Å². The van der Waals surface area contributed by atoms with Crippen LogP contribution in [-0.2, 0) is 6.54 Å². The summed E-state index contributed by atoms with van der Waals surface area (Å²) in [5.41, 5.74) is 1.93. The second-order valence-electron chi connectivity index (χ2n) is 3.99. The first kappa shape index (κ1) is 13.4. The third-order valence-electron chi connectivity index (χ3n) is 2.65. The molecule has 2 rings (SSSR count). The highest BCUT2D eigenvalue weighted by Gasteiger charge is 2.10. The quantitative estimate of drug-likeness (QED) is 0.865. The van der Waals surface area contributed by atoms with E-state index in [0.717, 1.165) is 22.3 Å². The Balaban J connectivity index is 2.15. The summed E-state index contributed by atoms with van der Waals surface area (Å²) in [7, 11) is 0. The van der Waals surface area contributed by atoms with Crippen LogP contribution in [0.5, 0.6) is 0 Å². The van der Waals surface area contributed by atoms with E-state index in [2.05, 4.69) is 45.2 Å². The molecule has 0 radical (unpaired) electrons. The van der Waals surface area contributed by atoms with Gasteiger partial charge in [-0.05, 0) is 35.8 Å². The molecule has 0 aliphatic heterocycles. The molecule has 1 atom stereocenters. The van der Waals surface area contributed by atoms with Crippen molar-refractivity contribution in [2.75, 3.05) is 5.32 Å². The van der Waals surface area contributed by atoms with Gasteiger partial charge in [0, 0.05) is 29.0 Å². The smallest absolute Gasteiger partial charge is 0.152 e. The van der Waals surface area contributed by atoms with Gasteiger partial charge in [-0.3, -0.25) is 4.68 Å². The van der Waals surface area contributed by atoms with Crippen LogP contribution in [0, 0.1) is 0 Å². The molecule has 4 nitrogen and oxygen atoms in total.